The van der Waals surface area contributed by atoms with Crippen molar-refractivity contribution in [1.29, 1.82) is 5.26 Å². The second-order valence-electron chi connectivity index (χ2n) is 6.28. The van der Waals surface area contributed by atoms with Gasteiger partial charge in [-0.15, -0.1) is 11.3 Å². The molecule has 2 aromatic rings. The van der Waals surface area contributed by atoms with Gasteiger partial charge in [-0.1, -0.05) is 25.0 Å². The third-order valence-electron chi connectivity index (χ3n) is 4.33. The number of thiazole rings is 1. The molecule has 0 spiro atoms. The molecule has 0 atom stereocenters. The molecule has 3 rings (SSSR count). The number of carbonyl (C=O) groups excluding carboxylic acids is 1. The number of nitriles is 1. The first-order valence-corrected chi connectivity index (χ1v) is 9.30. The van der Waals surface area contributed by atoms with Crippen molar-refractivity contribution in [3.05, 3.63) is 46.5 Å². The van der Waals surface area contributed by atoms with E-state index in [0.717, 1.165) is 37.8 Å². The summed E-state index contributed by atoms with van der Waals surface area (Å²) >= 11 is 1.24. The molecule has 4 nitrogen and oxygen atoms in total. The van der Waals surface area contributed by atoms with Crippen LogP contribution in [0, 0.1) is 11.3 Å². The van der Waals surface area contributed by atoms with Gasteiger partial charge in [-0.2, -0.15) is 18.4 Å². The maximum atomic E-state index is 12.6. The van der Waals surface area contributed by atoms with Gasteiger partial charge in [0.15, 0.2) is 0 Å². The number of nitrogens with one attached hydrogen (secondary N) is 1. The van der Waals surface area contributed by atoms with Crippen LogP contribution >= 0.6 is 11.3 Å². The zero-order valence-corrected chi connectivity index (χ0v) is 15.0. The zero-order valence-electron chi connectivity index (χ0n) is 14.2. The first kappa shape index (κ1) is 19.1. The summed E-state index contributed by atoms with van der Waals surface area (Å²) in [6, 6.07) is 6.70. The fourth-order valence-corrected chi connectivity index (χ4v) is 3.70. The predicted octanol–water partition coefficient (Wildman–Crippen LogP) is 4.79. The van der Waals surface area contributed by atoms with Crippen LogP contribution in [0.4, 0.5) is 13.2 Å². The lowest BCUT2D eigenvalue weighted by atomic mass is 10.1. The Morgan fingerprint density at radius 1 is 1.26 bits per heavy atom. The molecule has 1 heterocycles. The number of hydrogen-bond acceptors (Lipinski definition) is 4. The molecule has 27 heavy (non-hydrogen) atoms. The number of benzene rings is 1. The topological polar surface area (TPSA) is 65.8 Å². The molecule has 0 aliphatic heterocycles. The number of aromatic nitrogens is 1. The zero-order chi connectivity index (χ0) is 19.4. The van der Waals surface area contributed by atoms with Gasteiger partial charge in [0.05, 0.1) is 11.3 Å². The lowest BCUT2D eigenvalue weighted by Gasteiger charge is -2.10. The average Bonchev–Trinajstić information content (AvgIpc) is 3.30. The van der Waals surface area contributed by atoms with E-state index in [-0.39, 0.29) is 11.6 Å². The minimum Gasteiger partial charge on any atom is -0.349 e. The molecule has 1 N–H and O–H groups in total. The molecule has 0 radical (unpaired) electrons. The van der Waals surface area contributed by atoms with Crippen molar-refractivity contribution < 1.29 is 18.0 Å². The second kappa shape index (κ2) is 7.92. The van der Waals surface area contributed by atoms with Crippen LogP contribution in [-0.2, 0) is 11.0 Å². The van der Waals surface area contributed by atoms with E-state index in [2.05, 4.69) is 10.3 Å². The summed E-state index contributed by atoms with van der Waals surface area (Å²) in [5, 5.41) is 14.3. The molecule has 0 saturated heterocycles. The fraction of sp³-hybridized carbons (Fsp3) is 0.316. The summed E-state index contributed by atoms with van der Waals surface area (Å²) < 4.78 is 37.9. The Morgan fingerprint density at radius 3 is 2.52 bits per heavy atom. The van der Waals surface area contributed by atoms with Crippen LogP contribution in [0.25, 0.3) is 16.6 Å². The number of amides is 1. The molecule has 0 unspecified atom stereocenters. The normalized spacial score (nSPS) is 15.6. The van der Waals surface area contributed by atoms with Crippen LogP contribution in [0.3, 0.4) is 0 Å². The minimum atomic E-state index is -4.39. The van der Waals surface area contributed by atoms with Crippen molar-refractivity contribution in [2.24, 2.45) is 0 Å². The number of rotatable bonds is 4. The van der Waals surface area contributed by atoms with Crippen molar-refractivity contribution in [2.75, 3.05) is 0 Å². The van der Waals surface area contributed by atoms with Crippen LogP contribution in [-0.4, -0.2) is 16.9 Å². The summed E-state index contributed by atoms with van der Waals surface area (Å²) in [7, 11) is 0. The van der Waals surface area contributed by atoms with Crippen molar-refractivity contribution >= 4 is 23.3 Å². The van der Waals surface area contributed by atoms with E-state index in [4.69, 9.17) is 0 Å². The van der Waals surface area contributed by atoms with Crippen LogP contribution in [0.2, 0.25) is 0 Å². The number of nitrogens with zero attached hydrogens (tertiary/aromatic N) is 2. The van der Waals surface area contributed by atoms with Crippen molar-refractivity contribution in [2.45, 2.75) is 37.9 Å². The highest BCUT2D eigenvalue weighted by atomic mass is 32.1. The lowest BCUT2D eigenvalue weighted by Crippen LogP contribution is -2.33. The average molecular weight is 391 g/mol. The van der Waals surface area contributed by atoms with Gasteiger partial charge in [0.25, 0.3) is 5.91 Å². The van der Waals surface area contributed by atoms with Gasteiger partial charge in [0.1, 0.15) is 16.6 Å². The summed E-state index contributed by atoms with van der Waals surface area (Å²) in [5.41, 5.74) is 0.207. The Labute approximate surface area is 158 Å². The Balaban J connectivity index is 1.74. The summed E-state index contributed by atoms with van der Waals surface area (Å²) in [6.07, 6.45) is 0.981. The smallest absolute Gasteiger partial charge is 0.349 e. The van der Waals surface area contributed by atoms with Gasteiger partial charge in [-0.3, -0.25) is 4.79 Å². The van der Waals surface area contributed by atoms with Crippen molar-refractivity contribution in [3.8, 4) is 16.6 Å². The molecule has 1 aliphatic rings. The molecule has 140 valence electrons. The van der Waals surface area contributed by atoms with Crippen LogP contribution in [0.5, 0.6) is 0 Å². The van der Waals surface area contributed by atoms with E-state index in [1.54, 1.807) is 5.38 Å². The van der Waals surface area contributed by atoms with Crippen LogP contribution in [0.15, 0.2) is 35.2 Å². The Morgan fingerprint density at radius 2 is 1.93 bits per heavy atom. The molecule has 1 saturated carbocycles. The molecular formula is C19H16F3N3OS. The third kappa shape index (κ3) is 4.74. The quantitative estimate of drug-likeness (QED) is 0.602. The molecule has 1 aromatic heterocycles. The van der Waals surface area contributed by atoms with Crippen LogP contribution in [0.1, 0.15) is 36.9 Å². The van der Waals surface area contributed by atoms with Gasteiger partial charge in [0.2, 0.25) is 0 Å². The number of hydrogen-bond donors (Lipinski definition) is 1. The number of halogens is 3. The van der Waals surface area contributed by atoms with E-state index < -0.39 is 17.6 Å². The highest BCUT2D eigenvalue weighted by Crippen LogP contribution is 2.32. The molecule has 1 aromatic carbocycles. The summed E-state index contributed by atoms with van der Waals surface area (Å²) in [4.78, 5) is 16.5. The van der Waals surface area contributed by atoms with E-state index in [1.165, 1.54) is 29.5 Å². The van der Waals surface area contributed by atoms with E-state index in [1.807, 2.05) is 6.07 Å². The Bertz CT molecular complexity index is 888. The van der Waals surface area contributed by atoms with E-state index >= 15 is 0 Å². The molecular weight excluding hydrogens is 375 g/mol. The highest BCUT2D eigenvalue weighted by molar-refractivity contribution is 7.13. The molecule has 1 fully saturated rings. The first-order valence-electron chi connectivity index (χ1n) is 8.42. The number of carbonyl (C=O) groups is 1. The fourth-order valence-electron chi connectivity index (χ4n) is 2.92. The SMILES string of the molecule is N#C/C(=C\c1csc(-c2ccc(C(F)(F)F)cc2)n1)C(=O)NC1CCCC1. The maximum Gasteiger partial charge on any atom is 0.416 e. The van der Waals surface area contributed by atoms with Crippen LogP contribution < -0.4 is 5.32 Å². The number of alkyl halides is 3. The summed E-state index contributed by atoms with van der Waals surface area (Å²) in [5.74, 6) is -0.423. The lowest BCUT2D eigenvalue weighted by molar-refractivity contribution is -0.137. The van der Waals surface area contributed by atoms with Crippen molar-refractivity contribution in [1.82, 2.24) is 10.3 Å². The van der Waals surface area contributed by atoms with Crippen molar-refractivity contribution in [3.63, 3.8) is 0 Å². The highest BCUT2D eigenvalue weighted by Gasteiger charge is 2.30. The molecule has 0 bridgehead atoms. The maximum absolute atomic E-state index is 12.6. The van der Waals surface area contributed by atoms with Gasteiger partial charge in [0, 0.05) is 17.0 Å². The van der Waals surface area contributed by atoms with E-state index in [9.17, 15) is 23.2 Å². The van der Waals surface area contributed by atoms with E-state index in [0.29, 0.717) is 16.3 Å². The minimum absolute atomic E-state index is 0.0360. The van der Waals surface area contributed by atoms with Gasteiger partial charge in [-0.05, 0) is 31.1 Å². The molecule has 1 aliphatic carbocycles. The molecule has 8 heteroatoms. The van der Waals surface area contributed by atoms with Gasteiger partial charge in [-0.25, -0.2) is 4.98 Å². The standard InChI is InChI=1S/C19H16F3N3OS/c20-19(21,22)14-7-5-12(6-8-14)18-25-16(11-27-18)9-13(10-23)17(26)24-15-3-1-2-4-15/h5-9,11,15H,1-4H2,(H,24,26)/b13-9+. The second-order valence-corrected chi connectivity index (χ2v) is 7.14. The monoisotopic (exact) mass is 391 g/mol. The summed E-state index contributed by atoms with van der Waals surface area (Å²) in [6.45, 7) is 0. The molecule has 1 amide bonds. The largest absolute Gasteiger partial charge is 0.416 e. The van der Waals surface area contributed by atoms with Gasteiger partial charge < -0.3 is 5.32 Å². The third-order valence-corrected chi connectivity index (χ3v) is 5.24. The first-order chi connectivity index (χ1) is 12.9. The predicted molar refractivity (Wildman–Crippen MR) is 96.5 cm³/mol. The van der Waals surface area contributed by atoms with Gasteiger partial charge >= 0.3 is 6.18 Å². The Kier molecular flexibility index (Phi) is 5.61. The Hall–Kier alpha value is -2.66.